The first kappa shape index (κ1) is 14.4. The van der Waals surface area contributed by atoms with Crippen molar-refractivity contribution in [2.75, 3.05) is 6.54 Å². The molecule has 0 bridgehead atoms. The van der Waals surface area contributed by atoms with E-state index in [0.29, 0.717) is 11.8 Å². The Morgan fingerprint density at radius 1 is 1.32 bits per heavy atom. The first-order valence-corrected chi connectivity index (χ1v) is 7.67. The standard InChI is InChI=1S/C15H21FN2S/c1-10(2)11(7-8-17)3-6-15-18-13-9-12(16)4-5-14(13)19-15/h4-5,9-11H,3,6-8,17H2,1-2H3. The molecule has 0 amide bonds. The Balaban J connectivity index is 2.04. The number of aromatic nitrogens is 1. The number of hydrogen-bond donors (Lipinski definition) is 1. The molecule has 2 N–H and O–H groups in total. The molecule has 2 rings (SSSR count). The quantitative estimate of drug-likeness (QED) is 0.869. The monoisotopic (exact) mass is 280 g/mol. The maximum atomic E-state index is 13.1. The second kappa shape index (κ2) is 6.44. The van der Waals surface area contributed by atoms with E-state index >= 15 is 0 Å². The third kappa shape index (κ3) is 3.74. The van der Waals surface area contributed by atoms with Crippen molar-refractivity contribution in [3.8, 4) is 0 Å². The fourth-order valence-electron chi connectivity index (χ4n) is 2.39. The lowest BCUT2D eigenvalue weighted by Crippen LogP contribution is -2.15. The van der Waals surface area contributed by atoms with E-state index in [2.05, 4.69) is 18.8 Å². The summed E-state index contributed by atoms with van der Waals surface area (Å²) < 4.78 is 14.2. The maximum Gasteiger partial charge on any atom is 0.125 e. The Bertz CT molecular complexity index is 536. The van der Waals surface area contributed by atoms with E-state index in [1.807, 2.05) is 6.07 Å². The van der Waals surface area contributed by atoms with Crippen molar-refractivity contribution in [2.24, 2.45) is 17.6 Å². The third-order valence-electron chi connectivity index (χ3n) is 3.60. The highest BCUT2D eigenvalue weighted by Gasteiger charge is 2.14. The molecule has 0 fully saturated rings. The molecule has 0 radical (unpaired) electrons. The molecule has 0 aliphatic rings. The van der Waals surface area contributed by atoms with Gasteiger partial charge in [0.15, 0.2) is 0 Å². The van der Waals surface area contributed by atoms with Crippen LogP contribution in [0.1, 0.15) is 31.7 Å². The normalized spacial score (nSPS) is 13.3. The van der Waals surface area contributed by atoms with Gasteiger partial charge in [-0.3, -0.25) is 0 Å². The highest BCUT2D eigenvalue weighted by atomic mass is 32.1. The van der Waals surface area contributed by atoms with Gasteiger partial charge in [0.1, 0.15) is 5.82 Å². The molecule has 1 heterocycles. The molecular formula is C15H21FN2S. The summed E-state index contributed by atoms with van der Waals surface area (Å²) in [6.07, 6.45) is 3.14. The fraction of sp³-hybridized carbons (Fsp3) is 0.533. The summed E-state index contributed by atoms with van der Waals surface area (Å²) in [4.78, 5) is 4.51. The average Bonchev–Trinajstić information content (AvgIpc) is 2.75. The van der Waals surface area contributed by atoms with Crippen LogP contribution in [-0.4, -0.2) is 11.5 Å². The molecule has 4 heteroatoms. The van der Waals surface area contributed by atoms with Gasteiger partial charge in [0, 0.05) is 6.07 Å². The van der Waals surface area contributed by atoms with Crippen molar-refractivity contribution in [2.45, 2.75) is 33.1 Å². The number of fused-ring (bicyclic) bond motifs is 1. The van der Waals surface area contributed by atoms with E-state index in [-0.39, 0.29) is 5.82 Å². The lowest BCUT2D eigenvalue weighted by Gasteiger charge is -2.19. The maximum absolute atomic E-state index is 13.1. The number of halogens is 1. The highest BCUT2D eigenvalue weighted by Crippen LogP contribution is 2.26. The molecule has 19 heavy (non-hydrogen) atoms. The predicted molar refractivity (Wildman–Crippen MR) is 79.9 cm³/mol. The molecule has 1 aromatic heterocycles. The summed E-state index contributed by atoms with van der Waals surface area (Å²) in [6.45, 7) is 5.23. The summed E-state index contributed by atoms with van der Waals surface area (Å²) >= 11 is 1.67. The van der Waals surface area contributed by atoms with Gasteiger partial charge in [0.05, 0.1) is 15.2 Å². The van der Waals surface area contributed by atoms with E-state index < -0.39 is 0 Å². The smallest absolute Gasteiger partial charge is 0.125 e. The van der Waals surface area contributed by atoms with E-state index in [1.54, 1.807) is 11.3 Å². The summed E-state index contributed by atoms with van der Waals surface area (Å²) in [5.41, 5.74) is 6.44. The molecule has 1 unspecified atom stereocenters. The molecule has 2 aromatic rings. The van der Waals surface area contributed by atoms with Crippen LogP contribution in [0.15, 0.2) is 18.2 Å². The molecule has 0 spiro atoms. The lowest BCUT2D eigenvalue weighted by molar-refractivity contribution is 0.341. The second-order valence-electron chi connectivity index (χ2n) is 5.34. The van der Waals surface area contributed by atoms with Crippen molar-refractivity contribution in [1.82, 2.24) is 4.98 Å². The Labute approximate surface area is 117 Å². The van der Waals surface area contributed by atoms with Crippen LogP contribution in [0.25, 0.3) is 10.2 Å². The largest absolute Gasteiger partial charge is 0.330 e. The van der Waals surface area contributed by atoms with Crippen molar-refractivity contribution in [1.29, 1.82) is 0 Å². The average molecular weight is 280 g/mol. The van der Waals surface area contributed by atoms with Gasteiger partial charge in [-0.05, 0) is 49.8 Å². The minimum atomic E-state index is -0.215. The molecule has 2 nitrogen and oxygen atoms in total. The molecule has 1 atom stereocenters. The van der Waals surface area contributed by atoms with E-state index in [4.69, 9.17) is 5.73 Å². The topological polar surface area (TPSA) is 38.9 Å². The summed E-state index contributed by atoms with van der Waals surface area (Å²) in [5, 5.41) is 1.10. The Hall–Kier alpha value is -1.00. The van der Waals surface area contributed by atoms with E-state index in [1.165, 1.54) is 12.1 Å². The highest BCUT2D eigenvalue weighted by molar-refractivity contribution is 7.18. The van der Waals surface area contributed by atoms with Crippen LogP contribution in [0.2, 0.25) is 0 Å². The number of benzene rings is 1. The summed E-state index contributed by atoms with van der Waals surface area (Å²) in [6, 6.07) is 4.82. The van der Waals surface area contributed by atoms with Gasteiger partial charge < -0.3 is 5.73 Å². The zero-order chi connectivity index (χ0) is 13.8. The SMILES string of the molecule is CC(C)C(CCN)CCc1nc2cc(F)ccc2s1. The minimum absolute atomic E-state index is 0.215. The van der Waals surface area contributed by atoms with Gasteiger partial charge in [-0.1, -0.05) is 13.8 Å². The molecule has 1 aromatic carbocycles. The van der Waals surface area contributed by atoms with Crippen LogP contribution in [0.4, 0.5) is 4.39 Å². The van der Waals surface area contributed by atoms with Gasteiger partial charge in [-0.15, -0.1) is 11.3 Å². The molecule has 0 saturated carbocycles. The van der Waals surface area contributed by atoms with Crippen LogP contribution < -0.4 is 5.73 Å². The Kier molecular flexibility index (Phi) is 4.88. The first-order chi connectivity index (χ1) is 9.10. The Morgan fingerprint density at radius 2 is 2.11 bits per heavy atom. The zero-order valence-corrected chi connectivity index (χ0v) is 12.3. The minimum Gasteiger partial charge on any atom is -0.330 e. The number of hydrogen-bond acceptors (Lipinski definition) is 3. The first-order valence-electron chi connectivity index (χ1n) is 6.85. The van der Waals surface area contributed by atoms with Crippen LogP contribution >= 0.6 is 11.3 Å². The van der Waals surface area contributed by atoms with Crippen LogP contribution in [-0.2, 0) is 6.42 Å². The van der Waals surface area contributed by atoms with Crippen molar-refractivity contribution < 1.29 is 4.39 Å². The van der Waals surface area contributed by atoms with Crippen molar-refractivity contribution in [3.05, 3.63) is 29.0 Å². The molecular weight excluding hydrogens is 259 g/mol. The molecule has 104 valence electrons. The molecule has 0 aliphatic heterocycles. The van der Waals surface area contributed by atoms with Gasteiger partial charge in [-0.25, -0.2) is 9.37 Å². The van der Waals surface area contributed by atoms with Crippen LogP contribution in [0, 0.1) is 17.7 Å². The number of nitrogens with two attached hydrogens (primary N) is 1. The van der Waals surface area contributed by atoms with E-state index in [9.17, 15) is 4.39 Å². The number of nitrogens with zero attached hydrogens (tertiary/aromatic N) is 1. The van der Waals surface area contributed by atoms with Gasteiger partial charge in [-0.2, -0.15) is 0 Å². The number of thiazole rings is 1. The van der Waals surface area contributed by atoms with Gasteiger partial charge in [0.2, 0.25) is 0 Å². The fourth-order valence-corrected chi connectivity index (χ4v) is 3.35. The Morgan fingerprint density at radius 3 is 2.79 bits per heavy atom. The molecule has 0 aliphatic carbocycles. The van der Waals surface area contributed by atoms with E-state index in [0.717, 1.165) is 41.0 Å². The van der Waals surface area contributed by atoms with Gasteiger partial charge >= 0.3 is 0 Å². The lowest BCUT2D eigenvalue weighted by atomic mass is 9.88. The van der Waals surface area contributed by atoms with Crippen molar-refractivity contribution >= 4 is 21.6 Å². The van der Waals surface area contributed by atoms with Crippen molar-refractivity contribution in [3.63, 3.8) is 0 Å². The van der Waals surface area contributed by atoms with Crippen LogP contribution in [0.3, 0.4) is 0 Å². The summed E-state index contributed by atoms with van der Waals surface area (Å²) in [7, 11) is 0. The predicted octanol–water partition coefficient (Wildman–Crippen LogP) is 3.99. The summed E-state index contributed by atoms with van der Waals surface area (Å²) in [5.74, 6) is 1.08. The molecule has 0 saturated heterocycles. The third-order valence-corrected chi connectivity index (χ3v) is 4.70. The van der Waals surface area contributed by atoms with Crippen LogP contribution in [0.5, 0.6) is 0 Å². The second-order valence-corrected chi connectivity index (χ2v) is 6.45. The van der Waals surface area contributed by atoms with Gasteiger partial charge in [0.25, 0.3) is 0 Å². The number of aryl methyl sites for hydroxylation is 1. The zero-order valence-electron chi connectivity index (χ0n) is 11.5. The number of rotatable bonds is 6.